The van der Waals surface area contributed by atoms with E-state index >= 15 is 0 Å². The van der Waals surface area contributed by atoms with Gasteiger partial charge in [0.1, 0.15) is 0 Å². The molecule has 0 atom stereocenters. The summed E-state index contributed by atoms with van der Waals surface area (Å²) < 4.78 is 3.29. The molecule has 0 aliphatic carbocycles. The number of fused-ring (bicyclic) bond motifs is 3. The van der Waals surface area contributed by atoms with Gasteiger partial charge in [0.25, 0.3) is 5.91 Å². The Hall–Kier alpha value is -2.99. The van der Waals surface area contributed by atoms with Crippen LogP contribution in [0.4, 0.5) is 5.69 Å². The van der Waals surface area contributed by atoms with Crippen LogP contribution in [0.2, 0.25) is 0 Å². The lowest BCUT2D eigenvalue weighted by Crippen LogP contribution is -2.21. The maximum atomic E-state index is 11.6. The largest absolute Gasteiger partial charge is 0.319 e. The Morgan fingerprint density at radius 2 is 1.88 bits per heavy atom. The van der Waals surface area contributed by atoms with Crippen molar-refractivity contribution in [2.75, 3.05) is 5.32 Å². The molecule has 4 rings (SSSR count). The van der Waals surface area contributed by atoms with Crippen molar-refractivity contribution >= 4 is 43.9 Å². The molecule has 0 aliphatic rings. The summed E-state index contributed by atoms with van der Waals surface area (Å²) in [5, 5.41) is 2.61. The molecule has 124 valence electrons. The molecule has 25 heavy (non-hydrogen) atoms. The third kappa shape index (κ3) is 2.81. The third-order valence-electron chi connectivity index (χ3n) is 4.01. The lowest BCUT2D eigenvalue weighted by molar-refractivity contribution is -0.134. The molecule has 0 saturated carbocycles. The monoisotopic (exact) mass is 349 g/mol. The third-order valence-corrected chi connectivity index (χ3v) is 5.05. The number of rotatable bonds is 4. The number of Topliss-reactive ketones (excluding diaryl/α,β-unsaturated/α-hetero) is 1. The van der Waals surface area contributed by atoms with Gasteiger partial charge in [0.2, 0.25) is 5.78 Å². The van der Waals surface area contributed by atoms with Crippen LogP contribution in [0, 0.1) is 0 Å². The smallest absolute Gasteiger partial charge is 0.291 e. The van der Waals surface area contributed by atoms with Gasteiger partial charge in [-0.05, 0) is 24.3 Å². The minimum Gasteiger partial charge on any atom is -0.319 e. The summed E-state index contributed by atoms with van der Waals surface area (Å²) in [6.07, 6.45) is 2.21. The fourth-order valence-corrected chi connectivity index (χ4v) is 3.68. The molecule has 2 heterocycles. The van der Waals surface area contributed by atoms with Gasteiger partial charge >= 0.3 is 0 Å². The first kappa shape index (κ1) is 15.5. The average Bonchev–Trinajstić information content (AvgIpc) is 3.19. The van der Waals surface area contributed by atoms with Gasteiger partial charge in [-0.3, -0.25) is 14.0 Å². The van der Waals surface area contributed by atoms with Crippen LogP contribution >= 0.6 is 11.3 Å². The molecule has 0 bridgehead atoms. The predicted octanol–water partition coefficient (Wildman–Crippen LogP) is 4.13. The molecular weight excluding hydrogens is 334 g/mol. The van der Waals surface area contributed by atoms with Crippen LogP contribution in [0.5, 0.6) is 0 Å². The Morgan fingerprint density at radius 3 is 2.64 bits per heavy atom. The van der Waals surface area contributed by atoms with Crippen LogP contribution in [0.15, 0.2) is 54.7 Å². The van der Waals surface area contributed by atoms with Crippen LogP contribution in [0.3, 0.4) is 0 Å². The molecule has 4 aromatic rings. The number of para-hydroxylation sites is 1. The quantitative estimate of drug-likeness (QED) is 0.563. The summed E-state index contributed by atoms with van der Waals surface area (Å²) in [6.45, 7) is 1.67. The van der Waals surface area contributed by atoms with Gasteiger partial charge in [0, 0.05) is 23.9 Å². The number of ketones is 1. The van der Waals surface area contributed by atoms with Crippen LogP contribution in [-0.4, -0.2) is 21.1 Å². The highest BCUT2D eigenvalue weighted by Gasteiger charge is 2.12. The number of thiazole rings is 1. The van der Waals surface area contributed by atoms with Crippen molar-refractivity contribution in [3.05, 3.63) is 54.7 Å². The Bertz CT molecular complexity index is 1090. The SMILES string of the molecule is CCC(=O)C(=O)Nc1ccc(-c2cn3c(n2)sc2ccccc23)cc1. The maximum absolute atomic E-state index is 11.6. The van der Waals surface area contributed by atoms with Crippen molar-refractivity contribution in [2.24, 2.45) is 0 Å². The van der Waals surface area contributed by atoms with Gasteiger partial charge in [-0.1, -0.05) is 42.5 Å². The molecule has 2 aromatic carbocycles. The number of anilines is 1. The van der Waals surface area contributed by atoms with Crippen LogP contribution in [0.1, 0.15) is 13.3 Å². The van der Waals surface area contributed by atoms with Gasteiger partial charge in [0.15, 0.2) is 4.96 Å². The second kappa shape index (κ2) is 6.14. The van der Waals surface area contributed by atoms with Gasteiger partial charge in [-0.25, -0.2) is 4.98 Å². The number of nitrogens with one attached hydrogen (secondary N) is 1. The number of amides is 1. The molecule has 6 heteroatoms. The summed E-state index contributed by atoms with van der Waals surface area (Å²) in [5.74, 6) is -1.01. The summed E-state index contributed by atoms with van der Waals surface area (Å²) in [6, 6.07) is 15.5. The zero-order chi connectivity index (χ0) is 17.4. The molecule has 1 N–H and O–H groups in total. The first-order valence-corrected chi connectivity index (χ1v) is 8.78. The second-order valence-electron chi connectivity index (χ2n) is 5.66. The van der Waals surface area contributed by atoms with Crippen molar-refractivity contribution in [2.45, 2.75) is 13.3 Å². The molecule has 0 fully saturated rings. The van der Waals surface area contributed by atoms with Gasteiger partial charge < -0.3 is 5.32 Å². The number of hydrogen-bond donors (Lipinski definition) is 1. The van der Waals surface area contributed by atoms with Crippen molar-refractivity contribution in [1.82, 2.24) is 9.38 Å². The zero-order valence-electron chi connectivity index (χ0n) is 13.5. The highest BCUT2D eigenvalue weighted by atomic mass is 32.1. The molecular formula is C19H15N3O2S. The molecule has 0 unspecified atom stereocenters. The fraction of sp³-hybridized carbons (Fsp3) is 0.105. The molecule has 0 saturated heterocycles. The summed E-state index contributed by atoms with van der Waals surface area (Å²) >= 11 is 1.65. The normalized spacial score (nSPS) is 11.1. The van der Waals surface area contributed by atoms with E-state index in [0.717, 1.165) is 21.7 Å². The van der Waals surface area contributed by atoms with Crippen LogP contribution < -0.4 is 5.32 Å². The minimum atomic E-state index is -0.579. The Labute approximate surface area is 147 Å². The Balaban J connectivity index is 1.62. The van der Waals surface area contributed by atoms with Crippen molar-refractivity contribution in [1.29, 1.82) is 0 Å². The van der Waals surface area contributed by atoms with Crippen molar-refractivity contribution in [3.63, 3.8) is 0 Å². The summed E-state index contributed by atoms with van der Waals surface area (Å²) in [4.78, 5) is 28.6. The number of nitrogens with zero attached hydrogens (tertiary/aromatic N) is 2. The maximum Gasteiger partial charge on any atom is 0.291 e. The topological polar surface area (TPSA) is 63.5 Å². The van der Waals surface area contributed by atoms with Gasteiger partial charge in [-0.2, -0.15) is 0 Å². The van der Waals surface area contributed by atoms with Gasteiger partial charge in [-0.15, -0.1) is 0 Å². The summed E-state index contributed by atoms with van der Waals surface area (Å²) in [5.41, 5.74) is 3.57. The first-order valence-electron chi connectivity index (χ1n) is 7.97. The van der Waals surface area contributed by atoms with Crippen molar-refractivity contribution < 1.29 is 9.59 Å². The van der Waals surface area contributed by atoms with Crippen LogP contribution in [-0.2, 0) is 9.59 Å². The van der Waals surface area contributed by atoms with Gasteiger partial charge in [0.05, 0.1) is 15.9 Å². The van der Waals surface area contributed by atoms with E-state index in [0.29, 0.717) is 5.69 Å². The lowest BCUT2D eigenvalue weighted by Gasteiger charge is -2.04. The zero-order valence-corrected chi connectivity index (χ0v) is 14.3. The second-order valence-corrected chi connectivity index (χ2v) is 6.67. The molecule has 0 spiro atoms. The molecule has 1 amide bonds. The van der Waals surface area contributed by atoms with E-state index in [1.165, 1.54) is 4.70 Å². The Morgan fingerprint density at radius 1 is 1.12 bits per heavy atom. The lowest BCUT2D eigenvalue weighted by atomic mass is 10.1. The number of imidazole rings is 1. The fourth-order valence-electron chi connectivity index (χ4n) is 2.67. The first-order chi connectivity index (χ1) is 12.2. The van der Waals surface area contributed by atoms with Crippen molar-refractivity contribution in [3.8, 4) is 11.3 Å². The number of carbonyl (C=O) groups excluding carboxylic acids is 2. The average molecular weight is 349 g/mol. The van der Waals surface area contributed by atoms with E-state index in [2.05, 4.69) is 21.9 Å². The molecule has 5 nitrogen and oxygen atoms in total. The van der Waals surface area contributed by atoms with E-state index < -0.39 is 11.7 Å². The molecule has 0 radical (unpaired) electrons. The highest BCUT2D eigenvalue weighted by Crippen LogP contribution is 2.29. The molecule has 2 aromatic heterocycles. The van der Waals surface area contributed by atoms with E-state index in [1.807, 2.05) is 30.5 Å². The number of hydrogen-bond acceptors (Lipinski definition) is 4. The molecule has 0 aliphatic heterocycles. The number of aromatic nitrogens is 2. The van der Waals surface area contributed by atoms with E-state index in [4.69, 9.17) is 4.98 Å². The van der Waals surface area contributed by atoms with Crippen LogP contribution in [0.25, 0.3) is 26.4 Å². The Kier molecular flexibility index (Phi) is 3.82. The standard InChI is InChI=1S/C19H15N3O2S/c1-2-16(23)18(24)20-13-9-7-12(8-10-13)14-11-22-15-5-3-4-6-17(15)25-19(22)21-14/h3-11H,2H2,1H3,(H,20,24). The van der Waals surface area contributed by atoms with E-state index in [1.54, 1.807) is 30.4 Å². The number of carbonyl (C=O) groups is 2. The summed E-state index contributed by atoms with van der Waals surface area (Å²) in [7, 11) is 0. The van der Waals surface area contributed by atoms with E-state index in [-0.39, 0.29) is 6.42 Å². The highest BCUT2D eigenvalue weighted by molar-refractivity contribution is 7.23. The number of benzene rings is 2. The predicted molar refractivity (Wildman–Crippen MR) is 99.9 cm³/mol. The van der Waals surface area contributed by atoms with E-state index in [9.17, 15) is 9.59 Å². The minimum absolute atomic E-state index is 0.198.